The average molecular weight is 1420 g/mol. The van der Waals surface area contributed by atoms with Crippen molar-refractivity contribution in [3.63, 3.8) is 0 Å². The van der Waals surface area contributed by atoms with Crippen molar-refractivity contribution in [3.05, 3.63) is 72.9 Å². The minimum Gasteiger partial charge on any atom is -0.394 e. The number of allylic oxidation sites excluding steroid dienone is 11. The molecule has 0 aliphatic carbocycles. The summed E-state index contributed by atoms with van der Waals surface area (Å²) in [6.07, 6.45) is 53.2. The summed E-state index contributed by atoms with van der Waals surface area (Å²) in [5.41, 5.74) is 0. The van der Waals surface area contributed by atoms with Crippen molar-refractivity contribution >= 4 is 5.91 Å². The predicted molar refractivity (Wildman–Crippen MR) is 397 cm³/mol. The molecule has 582 valence electrons. The van der Waals surface area contributed by atoms with Crippen molar-refractivity contribution in [2.45, 2.75) is 407 Å². The number of nitrogens with one attached hydrogen (secondary N) is 1. The highest BCUT2D eigenvalue weighted by molar-refractivity contribution is 5.76. The van der Waals surface area contributed by atoms with Crippen molar-refractivity contribution in [1.29, 1.82) is 0 Å². The SMILES string of the molecule is CC/C=C\C/C=C\C/C=C\C/C=C\C/C=C\CCCCCCCCCCCCCCCCCCCCCCCC(=O)NC(COC1OC(CO)C(OC2OC(CO)C(OC3OC(CO)C(O)C(O)C3O)C(O)C2O)C(O)C1O)C(O)/C=C/CCCCCCCCCCCCCCCCCC. The molecule has 12 N–H and O–H groups in total. The van der Waals surface area contributed by atoms with Gasteiger partial charge in [-0.1, -0.05) is 305 Å². The Balaban J connectivity index is 1.33. The van der Waals surface area contributed by atoms with Crippen LogP contribution in [0.2, 0.25) is 0 Å². The van der Waals surface area contributed by atoms with Crippen LogP contribution in [-0.4, -0.2) is 193 Å². The fourth-order valence-corrected chi connectivity index (χ4v) is 13.3. The molecule has 17 atom stereocenters. The summed E-state index contributed by atoms with van der Waals surface area (Å²) >= 11 is 0. The van der Waals surface area contributed by atoms with E-state index in [2.05, 4.69) is 79.9 Å². The van der Waals surface area contributed by atoms with E-state index in [1.165, 1.54) is 199 Å². The molecule has 19 heteroatoms. The lowest BCUT2D eigenvalue weighted by Gasteiger charge is -2.48. The molecule has 0 aromatic carbocycles. The Morgan fingerprint density at radius 3 is 1.08 bits per heavy atom. The van der Waals surface area contributed by atoms with Crippen LogP contribution in [0.25, 0.3) is 0 Å². The smallest absolute Gasteiger partial charge is 0.220 e. The molecule has 0 spiro atoms. The van der Waals surface area contributed by atoms with Gasteiger partial charge < -0.3 is 89.9 Å². The van der Waals surface area contributed by atoms with Gasteiger partial charge in [-0.25, -0.2) is 0 Å². The second-order valence-corrected chi connectivity index (χ2v) is 28.5. The molecule has 3 heterocycles. The molecule has 0 bridgehead atoms. The summed E-state index contributed by atoms with van der Waals surface area (Å²) in [6.45, 7) is 1.65. The first-order valence-electron chi connectivity index (χ1n) is 40.2. The number of aliphatic hydroxyl groups is 11. The van der Waals surface area contributed by atoms with Crippen molar-refractivity contribution in [3.8, 4) is 0 Å². The maximum absolute atomic E-state index is 13.5. The normalized spacial score (nSPS) is 26.8. The van der Waals surface area contributed by atoms with Gasteiger partial charge in [0.05, 0.1) is 38.6 Å². The van der Waals surface area contributed by atoms with Gasteiger partial charge in [-0.3, -0.25) is 4.79 Å². The maximum atomic E-state index is 13.5. The minimum absolute atomic E-state index is 0.245. The Bertz CT molecular complexity index is 2090. The quantitative estimate of drug-likeness (QED) is 0.0199. The number of hydrogen-bond acceptors (Lipinski definition) is 18. The number of aliphatic hydroxyl groups excluding tert-OH is 11. The van der Waals surface area contributed by atoms with Gasteiger partial charge in [0.25, 0.3) is 0 Å². The van der Waals surface area contributed by atoms with E-state index in [0.717, 1.165) is 77.0 Å². The summed E-state index contributed by atoms with van der Waals surface area (Å²) in [4.78, 5) is 13.5. The summed E-state index contributed by atoms with van der Waals surface area (Å²) in [5.74, 6) is -0.272. The highest BCUT2D eigenvalue weighted by Gasteiger charge is 2.54. The van der Waals surface area contributed by atoms with Crippen molar-refractivity contribution in [2.24, 2.45) is 0 Å². The molecule has 19 nitrogen and oxygen atoms in total. The highest BCUT2D eigenvalue weighted by Crippen LogP contribution is 2.33. The zero-order valence-electron chi connectivity index (χ0n) is 62.2. The fourth-order valence-electron chi connectivity index (χ4n) is 13.3. The lowest BCUT2D eigenvalue weighted by Crippen LogP contribution is -2.66. The van der Waals surface area contributed by atoms with Crippen LogP contribution in [0, 0.1) is 0 Å². The Kier molecular flexibility index (Phi) is 56.1. The first-order chi connectivity index (χ1) is 48.8. The summed E-state index contributed by atoms with van der Waals surface area (Å²) in [6, 6.07) is -0.974. The lowest BCUT2D eigenvalue weighted by molar-refractivity contribution is -0.379. The monoisotopic (exact) mass is 1420 g/mol. The van der Waals surface area contributed by atoms with Gasteiger partial charge in [-0.2, -0.15) is 0 Å². The lowest BCUT2D eigenvalue weighted by atomic mass is 9.96. The van der Waals surface area contributed by atoms with E-state index >= 15 is 0 Å². The van der Waals surface area contributed by atoms with E-state index < -0.39 is 124 Å². The van der Waals surface area contributed by atoms with Crippen molar-refractivity contribution < 1.29 is 89.4 Å². The largest absolute Gasteiger partial charge is 0.394 e. The zero-order chi connectivity index (χ0) is 72.5. The molecular weight excluding hydrogens is 1270 g/mol. The molecule has 3 aliphatic heterocycles. The van der Waals surface area contributed by atoms with E-state index in [9.17, 15) is 61.0 Å². The Morgan fingerprint density at radius 1 is 0.370 bits per heavy atom. The van der Waals surface area contributed by atoms with E-state index in [-0.39, 0.29) is 18.9 Å². The second-order valence-electron chi connectivity index (χ2n) is 28.5. The van der Waals surface area contributed by atoms with E-state index in [0.29, 0.717) is 6.42 Å². The molecule has 3 fully saturated rings. The zero-order valence-corrected chi connectivity index (χ0v) is 62.2. The van der Waals surface area contributed by atoms with Gasteiger partial charge in [0.1, 0.15) is 73.2 Å². The molecule has 0 aromatic heterocycles. The van der Waals surface area contributed by atoms with Gasteiger partial charge in [0.2, 0.25) is 5.91 Å². The standard InChI is InChI=1S/C81H145NO18/c1-3-5-7-9-11-13-15-17-19-21-23-24-25-26-27-28-29-30-31-32-33-34-35-36-37-38-39-40-41-43-45-47-49-51-53-55-57-59-69(87)82-64(65(86)58-56-54-52-50-48-46-44-42-22-20-18-16-14-12-10-8-6-4-2)63-95-79-75(93)72(90)77(67(61-84)97-79)100-81-76(94)73(91)78(68(62-85)98-81)99-80-74(92)71(89)70(88)66(60-83)96-80/h5,7,11,13,17,19,23-24,26-27,56,58,64-68,70-81,83-86,88-94H,3-4,6,8-10,12,14-16,18,20-22,25,28-55,57,59-63H2,1-2H3,(H,82,87)/b7-5-,13-11-,19-17-,24-23-,27-26-,58-56+. The van der Waals surface area contributed by atoms with E-state index in [1.54, 1.807) is 6.08 Å². The van der Waals surface area contributed by atoms with Crippen LogP contribution < -0.4 is 5.32 Å². The van der Waals surface area contributed by atoms with Crippen LogP contribution in [0.5, 0.6) is 0 Å². The number of unbranched alkanes of at least 4 members (excludes halogenated alkanes) is 37. The molecule has 3 saturated heterocycles. The fraction of sp³-hybridized carbons (Fsp3) is 0.840. The number of carbonyl (C=O) groups is 1. The Morgan fingerprint density at radius 2 is 0.690 bits per heavy atom. The van der Waals surface area contributed by atoms with Crippen LogP contribution in [0.4, 0.5) is 0 Å². The molecule has 3 rings (SSSR count). The van der Waals surface area contributed by atoms with Crippen LogP contribution in [0.15, 0.2) is 72.9 Å². The van der Waals surface area contributed by atoms with E-state index in [4.69, 9.17) is 28.4 Å². The number of hydrogen-bond donors (Lipinski definition) is 12. The van der Waals surface area contributed by atoms with Gasteiger partial charge in [-0.05, 0) is 64.2 Å². The Labute approximate surface area is 604 Å². The Hall–Kier alpha value is -2.77. The number of ether oxygens (including phenoxy) is 6. The molecule has 17 unspecified atom stereocenters. The summed E-state index contributed by atoms with van der Waals surface area (Å²) in [7, 11) is 0. The van der Waals surface area contributed by atoms with Gasteiger partial charge in [0.15, 0.2) is 18.9 Å². The van der Waals surface area contributed by atoms with Crippen LogP contribution >= 0.6 is 0 Å². The molecule has 1 amide bonds. The highest BCUT2D eigenvalue weighted by atomic mass is 16.8. The van der Waals surface area contributed by atoms with Gasteiger partial charge in [0, 0.05) is 6.42 Å². The maximum Gasteiger partial charge on any atom is 0.220 e. The minimum atomic E-state index is -1.98. The topological polar surface area (TPSA) is 307 Å². The van der Waals surface area contributed by atoms with Crippen LogP contribution in [0.3, 0.4) is 0 Å². The third-order valence-corrected chi connectivity index (χ3v) is 19.8. The molecule has 0 aromatic rings. The van der Waals surface area contributed by atoms with Gasteiger partial charge in [-0.15, -0.1) is 0 Å². The number of carbonyl (C=O) groups excluding carboxylic acids is 1. The van der Waals surface area contributed by atoms with Crippen LogP contribution in [0.1, 0.15) is 303 Å². The number of amides is 1. The molecule has 0 saturated carbocycles. The molecular formula is C81H145NO18. The van der Waals surface area contributed by atoms with Gasteiger partial charge >= 0.3 is 0 Å². The first-order valence-corrected chi connectivity index (χ1v) is 40.2. The van der Waals surface area contributed by atoms with Crippen molar-refractivity contribution in [2.75, 3.05) is 26.4 Å². The third kappa shape index (κ3) is 41.2. The average Bonchev–Trinajstić information content (AvgIpc) is 0.783. The molecule has 100 heavy (non-hydrogen) atoms. The summed E-state index contributed by atoms with van der Waals surface area (Å²) in [5, 5.41) is 121. The summed E-state index contributed by atoms with van der Waals surface area (Å²) < 4.78 is 34.4. The molecule has 0 radical (unpaired) electrons. The third-order valence-electron chi connectivity index (χ3n) is 19.8. The second kappa shape index (κ2) is 61.4. The van der Waals surface area contributed by atoms with E-state index in [1.807, 2.05) is 6.08 Å². The molecule has 3 aliphatic rings. The first kappa shape index (κ1) is 91.4. The predicted octanol–water partition coefficient (Wildman–Crippen LogP) is 13.2. The van der Waals surface area contributed by atoms with Crippen molar-refractivity contribution in [1.82, 2.24) is 5.32 Å². The number of rotatable bonds is 63. The van der Waals surface area contributed by atoms with Crippen LogP contribution in [-0.2, 0) is 33.2 Å².